The molecule has 0 aromatic rings. The van der Waals surface area contributed by atoms with E-state index in [1.54, 1.807) is 0 Å². The van der Waals surface area contributed by atoms with Crippen LogP contribution in [0, 0.1) is 5.92 Å². The Hall–Kier alpha value is -0.520. The lowest BCUT2D eigenvalue weighted by molar-refractivity contribution is 0.830. The first kappa shape index (κ1) is 5.61. The molecule has 0 nitrogen and oxygen atoms in total. The van der Waals surface area contributed by atoms with Gasteiger partial charge in [0.2, 0.25) is 0 Å². The summed E-state index contributed by atoms with van der Waals surface area (Å²) in [6, 6.07) is 0. The van der Waals surface area contributed by atoms with Crippen molar-refractivity contribution in [2.24, 2.45) is 5.92 Å². The molecule has 0 saturated heterocycles. The van der Waals surface area contributed by atoms with E-state index < -0.39 is 0 Å². The zero-order valence-electron chi connectivity index (χ0n) is 5.57. The van der Waals surface area contributed by atoms with Crippen molar-refractivity contribution < 1.29 is 0 Å². The van der Waals surface area contributed by atoms with Crippen LogP contribution in [0.2, 0.25) is 0 Å². The van der Waals surface area contributed by atoms with Crippen LogP contribution in [-0.4, -0.2) is 0 Å². The average molecular weight is 108 g/mol. The topological polar surface area (TPSA) is 0 Å². The summed E-state index contributed by atoms with van der Waals surface area (Å²) < 4.78 is 0. The largest absolute Gasteiger partial charge is 0.0990 e. The van der Waals surface area contributed by atoms with Crippen LogP contribution in [0.4, 0.5) is 0 Å². The van der Waals surface area contributed by atoms with E-state index in [1.807, 2.05) is 0 Å². The van der Waals surface area contributed by atoms with Gasteiger partial charge in [-0.05, 0) is 19.3 Å². The van der Waals surface area contributed by atoms with E-state index >= 15 is 0 Å². The molecular formula is C8H12. The van der Waals surface area contributed by atoms with Gasteiger partial charge in [-0.25, -0.2) is 0 Å². The molecule has 1 unspecified atom stereocenters. The summed E-state index contributed by atoms with van der Waals surface area (Å²) in [5.74, 6) is 0.648. The van der Waals surface area contributed by atoms with Crippen LogP contribution >= 0.6 is 0 Å². The van der Waals surface area contributed by atoms with Crippen LogP contribution in [0.5, 0.6) is 0 Å². The summed E-state index contributed by atoms with van der Waals surface area (Å²) in [4.78, 5) is 0. The monoisotopic (exact) mass is 108 g/mol. The van der Waals surface area contributed by atoms with Crippen LogP contribution in [0.1, 0.15) is 20.3 Å². The van der Waals surface area contributed by atoms with Gasteiger partial charge in [-0.2, -0.15) is 0 Å². The minimum absolute atomic E-state index is 0.648. The van der Waals surface area contributed by atoms with Gasteiger partial charge in [-0.3, -0.25) is 0 Å². The lowest BCUT2D eigenvalue weighted by Gasteiger charge is -2.03. The smallest absolute Gasteiger partial charge is 0.00237 e. The van der Waals surface area contributed by atoms with Crippen LogP contribution in [0.15, 0.2) is 23.8 Å². The Morgan fingerprint density at radius 1 is 1.75 bits per heavy atom. The predicted octanol–water partition coefficient (Wildman–Crippen LogP) is 2.53. The van der Waals surface area contributed by atoms with E-state index in [4.69, 9.17) is 0 Å². The zero-order valence-corrected chi connectivity index (χ0v) is 5.57. The van der Waals surface area contributed by atoms with E-state index in [0.717, 1.165) is 6.42 Å². The van der Waals surface area contributed by atoms with Crippen molar-refractivity contribution in [2.45, 2.75) is 20.3 Å². The fourth-order valence-corrected chi connectivity index (χ4v) is 0.968. The summed E-state index contributed by atoms with van der Waals surface area (Å²) in [6.45, 7) is 8.31. The standard InChI is InChI=1S/C8H12/c1-6-4-5-7(2)8(6)3/h5,8H,1,4H2,2-3H3. The zero-order chi connectivity index (χ0) is 6.15. The van der Waals surface area contributed by atoms with Crippen molar-refractivity contribution in [3.8, 4) is 0 Å². The molecule has 0 heteroatoms. The van der Waals surface area contributed by atoms with Crippen molar-refractivity contribution in [3.63, 3.8) is 0 Å². The van der Waals surface area contributed by atoms with Crippen LogP contribution < -0.4 is 0 Å². The Bertz CT molecular complexity index is 140. The van der Waals surface area contributed by atoms with Crippen molar-refractivity contribution in [2.75, 3.05) is 0 Å². The molecule has 0 fully saturated rings. The molecule has 0 saturated carbocycles. The summed E-state index contributed by atoms with van der Waals surface area (Å²) >= 11 is 0. The minimum Gasteiger partial charge on any atom is -0.0990 e. The van der Waals surface area contributed by atoms with Gasteiger partial charge in [0.1, 0.15) is 0 Å². The Labute approximate surface area is 50.9 Å². The summed E-state index contributed by atoms with van der Waals surface area (Å²) in [7, 11) is 0. The number of rotatable bonds is 0. The first-order valence-corrected chi connectivity index (χ1v) is 3.06. The van der Waals surface area contributed by atoms with Crippen molar-refractivity contribution in [1.82, 2.24) is 0 Å². The van der Waals surface area contributed by atoms with Crippen molar-refractivity contribution in [1.29, 1.82) is 0 Å². The molecule has 0 aromatic heterocycles. The molecule has 0 radical (unpaired) electrons. The number of hydrogen-bond acceptors (Lipinski definition) is 0. The molecule has 0 amide bonds. The Balaban J connectivity index is 2.72. The Morgan fingerprint density at radius 3 is 2.50 bits per heavy atom. The summed E-state index contributed by atoms with van der Waals surface area (Å²) in [5, 5.41) is 0. The molecule has 0 heterocycles. The van der Waals surface area contributed by atoms with Crippen molar-refractivity contribution in [3.05, 3.63) is 23.8 Å². The SMILES string of the molecule is C=C1CC=C(C)C1C. The van der Waals surface area contributed by atoms with Crippen LogP contribution in [-0.2, 0) is 0 Å². The van der Waals surface area contributed by atoms with Crippen molar-refractivity contribution >= 4 is 0 Å². The molecule has 0 N–H and O–H groups in total. The fourth-order valence-electron chi connectivity index (χ4n) is 0.968. The highest BCUT2D eigenvalue weighted by molar-refractivity contribution is 5.26. The molecule has 0 bridgehead atoms. The van der Waals surface area contributed by atoms with Crippen LogP contribution in [0.25, 0.3) is 0 Å². The highest BCUT2D eigenvalue weighted by atomic mass is 14.2. The summed E-state index contributed by atoms with van der Waals surface area (Å²) in [5.41, 5.74) is 2.84. The van der Waals surface area contributed by atoms with Gasteiger partial charge in [0.25, 0.3) is 0 Å². The molecule has 0 spiro atoms. The third-order valence-electron chi connectivity index (χ3n) is 1.98. The molecule has 44 valence electrons. The second kappa shape index (κ2) is 1.77. The molecule has 0 aromatic carbocycles. The predicted molar refractivity (Wildman–Crippen MR) is 36.7 cm³/mol. The normalized spacial score (nSPS) is 28.5. The van der Waals surface area contributed by atoms with E-state index in [2.05, 4.69) is 26.5 Å². The third-order valence-corrected chi connectivity index (χ3v) is 1.98. The quantitative estimate of drug-likeness (QED) is 0.418. The second-order valence-corrected chi connectivity index (χ2v) is 2.53. The van der Waals surface area contributed by atoms with Gasteiger partial charge in [0.15, 0.2) is 0 Å². The third kappa shape index (κ3) is 0.706. The van der Waals surface area contributed by atoms with Gasteiger partial charge in [-0.15, -0.1) is 0 Å². The first-order chi connectivity index (χ1) is 3.72. The molecule has 1 atom stereocenters. The fraction of sp³-hybridized carbons (Fsp3) is 0.500. The minimum atomic E-state index is 0.648. The Morgan fingerprint density at radius 2 is 2.38 bits per heavy atom. The first-order valence-electron chi connectivity index (χ1n) is 3.06. The number of hydrogen-bond donors (Lipinski definition) is 0. The van der Waals surface area contributed by atoms with Gasteiger partial charge >= 0.3 is 0 Å². The maximum absolute atomic E-state index is 3.93. The van der Waals surface area contributed by atoms with Gasteiger partial charge in [0.05, 0.1) is 0 Å². The molecule has 0 aliphatic heterocycles. The summed E-state index contributed by atoms with van der Waals surface area (Å²) in [6.07, 6.45) is 3.36. The Kier molecular flexibility index (Phi) is 1.24. The lowest BCUT2D eigenvalue weighted by Crippen LogP contribution is -1.90. The van der Waals surface area contributed by atoms with Gasteiger partial charge < -0.3 is 0 Å². The molecule has 1 rings (SSSR count). The maximum atomic E-state index is 3.93. The number of allylic oxidation sites excluding steroid dienone is 3. The highest BCUT2D eigenvalue weighted by Crippen LogP contribution is 2.28. The van der Waals surface area contributed by atoms with Gasteiger partial charge in [-0.1, -0.05) is 30.7 Å². The van der Waals surface area contributed by atoms with Gasteiger partial charge in [0, 0.05) is 0 Å². The van der Waals surface area contributed by atoms with Crippen LogP contribution in [0.3, 0.4) is 0 Å². The maximum Gasteiger partial charge on any atom is -0.00237 e. The highest BCUT2D eigenvalue weighted by Gasteiger charge is 2.12. The molecule has 8 heavy (non-hydrogen) atoms. The average Bonchev–Trinajstić information content (AvgIpc) is 1.98. The van der Waals surface area contributed by atoms with E-state index in [9.17, 15) is 0 Å². The molecular weight excluding hydrogens is 96.1 g/mol. The molecule has 1 aliphatic rings. The van der Waals surface area contributed by atoms with E-state index in [-0.39, 0.29) is 0 Å². The molecule has 1 aliphatic carbocycles. The van der Waals surface area contributed by atoms with E-state index in [1.165, 1.54) is 11.1 Å². The lowest BCUT2D eigenvalue weighted by atomic mass is 10.0. The van der Waals surface area contributed by atoms with E-state index in [0.29, 0.717) is 5.92 Å². The second-order valence-electron chi connectivity index (χ2n) is 2.53.